The molecular formula is C24H33N5O4S. The standard InChI is InChI=1S/C24H33N5O4S/c1-7-29(8-2)12-11-25-24(31)22-15(3)21(26-16(22)4)14-19-18-13-17(34(32,33)28(5)6)9-10-20(18)27-23(19)30/h9-10,13-14,26H,7-8,11-12H2,1-6H3,(H,25,31)(H,27,30)/b19-14-. The topological polar surface area (TPSA) is 115 Å². The van der Waals surface area contributed by atoms with Crippen molar-refractivity contribution in [3.8, 4) is 0 Å². The fourth-order valence-electron chi connectivity index (χ4n) is 4.04. The third kappa shape index (κ3) is 4.94. The van der Waals surface area contributed by atoms with Crippen LogP contribution < -0.4 is 10.6 Å². The number of nitrogens with one attached hydrogen (secondary N) is 3. The molecule has 1 aromatic carbocycles. The minimum Gasteiger partial charge on any atom is -0.358 e. The zero-order valence-electron chi connectivity index (χ0n) is 20.6. The van der Waals surface area contributed by atoms with Gasteiger partial charge in [0, 0.05) is 49.8 Å². The molecule has 2 aromatic rings. The van der Waals surface area contributed by atoms with Gasteiger partial charge >= 0.3 is 0 Å². The van der Waals surface area contributed by atoms with Gasteiger partial charge in [0.25, 0.3) is 11.8 Å². The number of nitrogens with zero attached hydrogens (tertiary/aromatic N) is 2. The van der Waals surface area contributed by atoms with Crippen molar-refractivity contribution in [2.45, 2.75) is 32.6 Å². The monoisotopic (exact) mass is 487 g/mol. The molecule has 3 N–H and O–H groups in total. The smallest absolute Gasteiger partial charge is 0.256 e. The number of aromatic nitrogens is 1. The summed E-state index contributed by atoms with van der Waals surface area (Å²) in [4.78, 5) is 31.1. The van der Waals surface area contributed by atoms with E-state index in [4.69, 9.17) is 0 Å². The van der Waals surface area contributed by atoms with Crippen LogP contribution in [-0.2, 0) is 14.8 Å². The molecule has 1 aromatic heterocycles. The molecule has 0 saturated heterocycles. The average Bonchev–Trinajstić information content (AvgIpc) is 3.25. The van der Waals surface area contributed by atoms with Gasteiger partial charge in [0.1, 0.15) is 0 Å². The zero-order chi connectivity index (χ0) is 25.2. The minimum atomic E-state index is -3.65. The molecule has 0 fully saturated rings. The van der Waals surface area contributed by atoms with E-state index in [0.717, 1.165) is 29.5 Å². The fraction of sp³-hybridized carbons (Fsp3) is 0.417. The van der Waals surface area contributed by atoms with Gasteiger partial charge in [0.2, 0.25) is 10.0 Å². The number of amides is 2. The lowest BCUT2D eigenvalue weighted by atomic mass is 10.0. The van der Waals surface area contributed by atoms with Crippen molar-refractivity contribution in [3.63, 3.8) is 0 Å². The Balaban J connectivity index is 1.92. The molecule has 9 nitrogen and oxygen atoms in total. The summed E-state index contributed by atoms with van der Waals surface area (Å²) in [6.45, 7) is 11.0. The Morgan fingerprint density at radius 1 is 1.15 bits per heavy atom. The predicted octanol–water partition coefficient (Wildman–Crippen LogP) is 2.45. The number of hydrogen-bond acceptors (Lipinski definition) is 5. The van der Waals surface area contributed by atoms with Crippen LogP contribution in [0.2, 0.25) is 0 Å². The number of sulfonamides is 1. The van der Waals surface area contributed by atoms with Crippen LogP contribution in [0.25, 0.3) is 11.6 Å². The number of aryl methyl sites for hydroxylation is 1. The van der Waals surface area contributed by atoms with E-state index in [1.165, 1.54) is 26.2 Å². The fourth-order valence-corrected chi connectivity index (χ4v) is 4.97. The van der Waals surface area contributed by atoms with Crippen molar-refractivity contribution in [2.75, 3.05) is 45.6 Å². The van der Waals surface area contributed by atoms with E-state index in [0.29, 0.717) is 40.3 Å². The SMILES string of the molecule is CCN(CC)CCNC(=O)c1c(C)[nH]c(/C=C2\C(=O)Nc3ccc(S(=O)(=O)N(C)C)cc32)c1C. The number of fused-ring (bicyclic) bond motifs is 1. The molecule has 34 heavy (non-hydrogen) atoms. The number of carbonyl (C=O) groups is 2. The van der Waals surface area contributed by atoms with Gasteiger partial charge in [0.15, 0.2) is 0 Å². The van der Waals surface area contributed by atoms with Gasteiger partial charge in [0.05, 0.1) is 16.0 Å². The van der Waals surface area contributed by atoms with Crippen molar-refractivity contribution in [3.05, 3.63) is 46.3 Å². The van der Waals surface area contributed by atoms with E-state index in [-0.39, 0.29) is 16.7 Å². The maximum Gasteiger partial charge on any atom is 0.256 e. The molecule has 0 unspecified atom stereocenters. The Kier molecular flexibility index (Phi) is 7.64. The zero-order valence-corrected chi connectivity index (χ0v) is 21.4. The lowest BCUT2D eigenvalue weighted by Gasteiger charge is -2.18. The second-order valence-electron chi connectivity index (χ2n) is 8.45. The minimum absolute atomic E-state index is 0.103. The van der Waals surface area contributed by atoms with Crippen LogP contribution in [0.3, 0.4) is 0 Å². The van der Waals surface area contributed by atoms with Crippen molar-refractivity contribution in [1.82, 2.24) is 19.5 Å². The number of benzene rings is 1. The van der Waals surface area contributed by atoms with Crippen molar-refractivity contribution < 1.29 is 18.0 Å². The number of anilines is 1. The molecule has 0 aliphatic carbocycles. The number of aromatic amines is 1. The Labute approximate surface area is 201 Å². The number of rotatable bonds is 9. The van der Waals surface area contributed by atoms with Crippen LogP contribution in [0, 0.1) is 13.8 Å². The van der Waals surface area contributed by atoms with Crippen LogP contribution >= 0.6 is 0 Å². The average molecular weight is 488 g/mol. The molecule has 2 amide bonds. The van der Waals surface area contributed by atoms with Gasteiger partial charge in [-0.15, -0.1) is 0 Å². The van der Waals surface area contributed by atoms with E-state index in [1.54, 1.807) is 12.1 Å². The maximum atomic E-state index is 12.9. The molecule has 3 rings (SSSR count). The molecule has 0 atom stereocenters. The molecule has 0 spiro atoms. The highest BCUT2D eigenvalue weighted by Gasteiger charge is 2.28. The van der Waals surface area contributed by atoms with E-state index >= 15 is 0 Å². The maximum absolute atomic E-state index is 12.9. The van der Waals surface area contributed by atoms with Crippen LogP contribution in [0.1, 0.15) is 46.7 Å². The Hall–Kier alpha value is -2.95. The van der Waals surface area contributed by atoms with E-state index in [2.05, 4.69) is 34.4 Å². The highest BCUT2D eigenvalue weighted by atomic mass is 32.2. The summed E-state index contributed by atoms with van der Waals surface area (Å²) in [6.07, 6.45) is 1.67. The van der Waals surface area contributed by atoms with Crippen LogP contribution in [0.5, 0.6) is 0 Å². The molecular weight excluding hydrogens is 454 g/mol. The van der Waals surface area contributed by atoms with E-state index < -0.39 is 10.0 Å². The highest BCUT2D eigenvalue weighted by molar-refractivity contribution is 7.89. The second kappa shape index (κ2) is 10.1. The summed E-state index contributed by atoms with van der Waals surface area (Å²) < 4.78 is 26.3. The van der Waals surface area contributed by atoms with Gasteiger partial charge in [-0.2, -0.15) is 0 Å². The Morgan fingerprint density at radius 3 is 2.44 bits per heavy atom. The van der Waals surface area contributed by atoms with E-state index in [9.17, 15) is 18.0 Å². The summed E-state index contributed by atoms with van der Waals surface area (Å²) in [6, 6.07) is 4.56. The van der Waals surface area contributed by atoms with E-state index in [1.807, 2.05) is 13.8 Å². The number of likely N-dealkylation sites (N-methyl/N-ethyl adjacent to an activating group) is 1. The third-order valence-electron chi connectivity index (χ3n) is 6.15. The Morgan fingerprint density at radius 2 is 1.82 bits per heavy atom. The summed E-state index contributed by atoms with van der Waals surface area (Å²) >= 11 is 0. The van der Waals surface area contributed by atoms with Gasteiger partial charge in [-0.1, -0.05) is 13.8 Å². The molecule has 2 heterocycles. The first kappa shape index (κ1) is 25.7. The highest BCUT2D eigenvalue weighted by Crippen LogP contribution is 2.36. The van der Waals surface area contributed by atoms with Crippen molar-refractivity contribution >= 4 is 39.2 Å². The first-order valence-electron chi connectivity index (χ1n) is 11.3. The number of H-pyrrole nitrogens is 1. The van der Waals surface area contributed by atoms with Gasteiger partial charge in [-0.05, 0) is 56.8 Å². The summed E-state index contributed by atoms with van der Waals surface area (Å²) in [5.74, 6) is -0.495. The Bertz CT molecular complexity index is 1240. The second-order valence-corrected chi connectivity index (χ2v) is 10.6. The van der Waals surface area contributed by atoms with Crippen LogP contribution in [0.15, 0.2) is 23.1 Å². The van der Waals surface area contributed by atoms with Gasteiger partial charge < -0.3 is 20.5 Å². The summed E-state index contributed by atoms with van der Waals surface area (Å²) in [5, 5.41) is 5.75. The summed E-state index contributed by atoms with van der Waals surface area (Å²) in [5.41, 5.74) is 3.99. The van der Waals surface area contributed by atoms with Crippen molar-refractivity contribution in [1.29, 1.82) is 0 Å². The quantitative estimate of drug-likeness (QED) is 0.470. The predicted molar refractivity (Wildman–Crippen MR) is 134 cm³/mol. The largest absolute Gasteiger partial charge is 0.358 e. The molecule has 10 heteroatoms. The normalized spacial score (nSPS) is 14.7. The molecule has 1 aliphatic heterocycles. The molecule has 0 saturated carbocycles. The molecule has 0 radical (unpaired) electrons. The molecule has 184 valence electrons. The number of hydrogen-bond donors (Lipinski definition) is 3. The lowest BCUT2D eigenvalue weighted by molar-refractivity contribution is -0.110. The lowest BCUT2D eigenvalue weighted by Crippen LogP contribution is -2.35. The van der Waals surface area contributed by atoms with Crippen molar-refractivity contribution in [2.24, 2.45) is 0 Å². The number of carbonyl (C=O) groups excluding carboxylic acids is 2. The summed E-state index contributed by atoms with van der Waals surface area (Å²) in [7, 11) is -0.729. The third-order valence-corrected chi connectivity index (χ3v) is 7.96. The first-order valence-corrected chi connectivity index (χ1v) is 12.7. The van der Waals surface area contributed by atoms with Crippen LogP contribution in [0.4, 0.5) is 5.69 Å². The van der Waals surface area contributed by atoms with Crippen LogP contribution in [-0.4, -0.2) is 74.7 Å². The van der Waals surface area contributed by atoms with Gasteiger partial charge in [-0.3, -0.25) is 9.59 Å². The molecule has 0 bridgehead atoms. The molecule has 1 aliphatic rings. The van der Waals surface area contributed by atoms with Gasteiger partial charge in [-0.25, -0.2) is 12.7 Å². The first-order chi connectivity index (χ1) is 16.0.